The van der Waals surface area contributed by atoms with Crippen LogP contribution in [0.1, 0.15) is 26.5 Å². The molecule has 35 heavy (non-hydrogen) atoms. The zero-order valence-electron chi connectivity index (χ0n) is 19.8. The van der Waals surface area contributed by atoms with Crippen LogP contribution in [0.2, 0.25) is 0 Å². The molecule has 2 aliphatic rings. The van der Waals surface area contributed by atoms with E-state index in [1.165, 1.54) is 10.4 Å². The predicted molar refractivity (Wildman–Crippen MR) is 138 cm³/mol. The van der Waals surface area contributed by atoms with E-state index in [4.69, 9.17) is 9.84 Å². The van der Waals surface area contributed by atoms with E-state index in [9.17, 15) is 4.79 Å². The molecule has 1 aliphatic carbocycles. The lowest BCUT2D eigenvalue weighted by molar-refractivity contribution is 0.0656. The number of amides is 1. The van der Waals surface area contributed by atoms with E-state index in [2.05, 4.69) is 35.5 Å². The highest BCUT2D eigenvalue weighted by Gasteiger charge is 2.32. The van der Waals surface area contributed by atoms with Gasteiger partial charge in [0.25, 0.3) is 5.91 Å². The van der Waals surface area contributed by atoms with Gasteiger partial charge in [0.1, 0.15) is 18.0 Å². The lowest BCUT2D eigenvalue weighted by Gasteiger charge is -2.32. The number of nitrogens with zero attached hydrogens (tertiary/aromatic N) is 4. The van der Waals surface area contributed by atoms with Gasteiger partial charge in [-0.25, -0.2) is 4.68 Å². The van der Waals surface area contributed by atoms with Crippen molar-refractivity contribution < 1.29 is 9.53 Å². The molecule has 0 saturated carbocycles. The second-order valence-corrected chi connectivity index (χ2v) is 10.2. The van der Waals surface area contributed by atoms with Crippen molar-refractivity contribution in [1.82, 2.24) is 19.6 Å². The van der Waals surface area contributed by atoms with Gasteiger partial charge < -0.3 is 14.5 Å². The third-order valence-corrected chi connectivity index (χ3v) is 7.89. The minimum atomic E-state index is 0.0365. The van der Waals surface area contributed by atoms with Crippen molar-refractivity contribution in [2.75, 3.05) is 33.2 Å². The quantitative estimate of drug-likeness (QED) is 0.413. The number of carbonyl (C=O) groups is 1. The third-order valence-electron chi connectivity index (χ3n) is 6.91. The number of hydrogen-bond donors (Lipinski definition) is 0. The largest absolute Gasteiger partial charge is 0.487 e. The van der Waals surface area contributed by atoms with Gasteiger partial charge in [0, 0.05) is 42.2 Å². The van der Waals surface area contributed by atoms with Gasteiger partial charge in [-0.05, 0) is 49.0 Å². The van der Waals surface area contributed by atoms with Crippen molar-refractivity contribution in [3.63, 3.8) is 0 Å². The molecule has 178 valence electrons. The smallest absolute Gasteiger partial charge is 0.274 e. The van der Waals surface area contributed by atoms with Gasteiger partial charge >= 0.3 is 0 Å². The minimum Gasteiger partial charge on any atom is -0.487 e. The Bertz CT molecular complexity index is 1350. The van der Waals surface area contributed by atoms with E-state index in [-0.39, 0.29) is 5.91 Å². The normalized spacial score (nSPS) is 15.5. The van der Waals surface area contributed by atoms with E-state index in [1.807, 2.05) is 52.0 Å². The number of likely N-dealkylation sites (N-methyl/N-ethyl adjacent to an activating group) is 1. The fourth-order valence-corrected chi connectivity index (χ4v) is 5.82. The van der Waals surface area contributed by atoms with Crippen LogP contribution in [0.5, 0.6) is 5.75 Å². The van der Waals surface area contributed by atoms with Crippen LogP contribution in [0.25, 0.3) is 16.9 Å². The molecule has 7 heteroatoms. The Morgan fingerprint density at radius 2 is 1.74 bits per heavy atom. The number of hydrogen-bond acceptors (Lipinski definition) is 5. The summed E-state index contributed by atoms with van der Waals surface area (Å²) in [6.07, 6.45) is 1.77. The molecule has 3 heterocycles. The van der Waals surface area contributed by atoms with Crippen LogP contribution in [-0.4, -0.2) is 58.7 Å². The van der Waals surface area contributed by atoms with E-state index >= 15 is 0 Å². The van der Waals surface area contributed by atoms with Crippen LogP contribution < -0.4 is 4.74 Å². The highest BCUT2D eigenvalue weighted by atomic mass is 32.1. The summed E-state index contributed by atoms with van der Waals surface area (Å²) in [6, 6.07) is 20.3. The van der Waals surface area contributed by atoms with Gasteiger partial charge in [0.05, 0.1) is 5.69 Å². The molecule has 4 aromatic rings. The second kappa shape index (κ2) is 9.32. The van der Waals surface area contributed by atoms with E-state index in [1.54, 1.807) is 11.3 Å². The number of para-hydroxylation sites is 2. The molecule has 2 aromatic heterocycles. The Morgan fingerprint density at radius 1 is 0.971 bits per heavy atom. The summed E-state index contributed by atoms with van der Waals surface area (Å²) in [7, 11) is 2.10. The number of carbonyl (C=O) groups excluding carboxylic acids is 1. The van der Waals surface area contributed by atoms with Gasteiger partial charge in [-0.15, -0.1) is 11.3 Å². The maximum Gasteiger partial charge on any atom is 0.274 e. The molecular weight excluding hydrogens is 456 g/mol. The summed E-state index contributed by atoms with van der Waals surface area (Å²) < 4.78 is 8.22. The van der Waals surface area contributed by atoms with E-state index < -0.39 is 0 Å². The predicted octanol–water partition coefficient (Wildman–Crippen LogP) is 4.67. The molecule has 0 atom stereocenters. The zero-order chi connectivity index (χ0) is 23.8. The first kappa shape index (κ1) is 22.1. The fourth-order valence-electron chi connectivity index (χ4n) is 4.94. The lowest BCUT2D eigenvalue weighted by atomic mass is 9.94. The first-order chi connectivity index (χ1) is 17.2. The molecule has 0 unspecified atom stereocenters. The number of aryl methyl sites for hydroxylation is 1. The van der Waals surface area contributed by atoms with Crippen molar-refractivity contribution in [3.8, 4) is 22.7 Å². The van der Waals surface area contributed by atoms with Crippen LogP contribution >= 0.6 is 11.3 Å². The van der Waals surface area contributed by atoms with Crippen LogP contribution in [0, 0.1) is 0 Å². The molecule has 2 aromatic carbocycles. The molecule has 0 spiro atoms. The maximum atomic E-state index is 13.7. The number of ether oxygens (including phenoxy) is 1. The van der Waals surface area contributed by atoms with Gasteiger partial charge in [0.2, 0.25) is 0 Å². The third kappa shape index (κ3) is 4.15. The number of piperazine rings is 1. The molecule has 0 bridgehead atoms. The van der Waals surface area contributed by atoms with Crippen molar-refractivity contribution in [3.05, 3.63) is 87.7 Å². The van der Waals surface area contributed by atoms with Gasteiger partial charge in [-0.3, -0.25) is 4.79 Å². The van der Waals surface area contributed by atoms with Crippen molar-refractivity contribution in [2.24, 2.45) is 0 Å². The van der Waals surface area contributed by atoms with Gasteiger partial charge in [-0.2, -0.15) is 5.10 Å². The van der Waals surface area contributed by atoms with Crippen molar-refractivity contribution in [1.29, 1.82) is 0 Å². The molecule has 0 N–H and O–H groups in total. The molecule has 1 saturated heterocycles. The molecule has 6 rings (SSSR count). The number of rotatable bonds is 5. The van der Waals surface area contributed by atoms with Crippen LogP contribution in [0.3, 0.4) is 0 Å². The first-order valence-corrected chi connectivity index (χ1v) is 13.0. The summed E-state index contributed by atoms with van der Waals surface area (Å²) in [5.74, 6) is 0.789. The Hall–Kier alpha value is -3.42. The molecule has 6 nitrogen and oxygen atoms in total. The number of benzene rings is 2. The Labute approximate surface area is 209 Å². The highest BCUT2D eigenvalue weighted by Crippen LogP contribution is 2.41. The van der Waals surface area contributed by atoms with Gasteiger partial charge in [-0.1, -0.05) is 42.5 Å². The summed E-state index contributed by atoms with van der Waals surface area (Å²) in [4.78, 5) is 19.2. The topological polar surface area (TPSA) is 50.6 Å². The summed E-state index contributed by atoms with van der Waals surface area (Å²) in [5.41, 5.74) is 5.81. The average Bonchev–Trinajstić information content (AvgIpc) is 3.53. The van der Waals surface area contributed by atoms with Crippen molar-refractivity contribution in [2.45, 2.75) is 19.4 Å². The number of aromatic nitrogens is 2. The molecule has 1 aliphatic heterocycles. The maximum absolute atomic E-state index is 13.7. The van der Waals surface area contributed by atoms with E-state index in [0.717, 1.165) is 67.3 Å². The Kier molecular flexibility index (Phi) is 5.88. The second-order valence-electron chi connectivity index (χ2n) is 9.18. The summed E-state index contributed by atoms with van der Waals surface area (Å²) in [6.45, 7) is 3.71. The zero-order valence-corrected chi connectivity index (χ0v) is 20.6. The van der Waals surface area contributed by atoms with Crippen LogP contribution in [0.15, 0.2) is 66.0 Å². The Morgan fingerprint density at radius 3 is 2.57 bits per heavy atom. The Balaban J connectivity index is 1.42. The first-order valence-electron chi connectivity index (χ1n) is 12.1. The van der Waals surface area contributed by atoms with Crippen molar-refractivity contribution >= 4 is 17.2 Å². The average molecular weight is 485 g/mol. The standard InChI is InChI=1S/C28H28N4O2S/c1-30-14-16-31(17-15-30)28(33)26-22-11-12-25-21(13-18-35-25)27(22)32(29-26)23-9-5-6-10-24(23)34-19-20-7-3-2-4-8-20/h2-10,13,18H,11-12,14-17,19H2,1H3. The summed E-state index contributed by atoms with van der Waals surface area (Å²) in [5, 5.41) is 7.12. The summed E-state index contributed by atoms with van der Waals surface area (Å²) >= 11 is 1.78. The van der Waals surface area contributed by atoms with Crippen LogP contribution in [-0.2, 0) is 19.4 Å². The molecular formula is C28H28N4O2S. The lowest BCUT2D eigenvalue weighted by Crippen LogP contribution is -2.47. The number of fused-ring (bicyclic) bond motifs is 3. The van der Waals surface area contributed by atoms with Gasteiger partial charge in [0.15, 0.2) is 5.69 Å². The molecule has 1 amide bonds. The highest BCUT2D eigenvalue weighted by molar-refractivity contribution is 7.10. The SMILES string of the molecule is CN1CCN(C(=O)c2nn(-c3ccccc3OCc3ccccc3)c3c2CCc2sccc2-3)CC1. The minimum absolute atomic E-state index is 0.0365. The van der Waals surface area contributed by atoms with E-state index in [0.29, 0.717) is 12.3 Å². The number of thiophene rings is 1. The monoisotopic (exact) mass is 484 g/mol. The molecule has 1 fully saturated rings. The van der Waals surface area contributed by atoms with Crippen LogP contribution in [0.4, 0.5) is 0 Å². The molecule has 0 radical (unpaired) electrons. The fraction of sp³-hybridized carbons (Fsp3) is 0.286.